The van der Waals surface area contributed by atoms with Gasteiger partial charge in [-0.15, -0.1) is 11.3 Å². The Morgan fingerprint density at radius 1 is 1.06 bits per heavy atom. The van der Waals surface area contributed by atoms with Crippen LogP contribution in [0.4, 0.5) is 20.2 Å². The van der Waals surface area contributed by atoms with Crippen molar-refractivity contribution in [2.45, 2.75) is 11.8 Å². The molecule has 3 aromatic carbocycles. The minimum absolute atomic E-state index is 0.0538. The molecule has 11 heteroatoms. The molecule has 1 heterocycles. The maximum atomic E-state index is 14.9. The summed E-state index contributed by atoms with van der Waals surface area (Å²) in [6.45, 7) is 1.80. The lowest BCUT2D eigenvalue weighted by molar-refractivity contribution is 0.100. The highest BCUT2D eigenvalue weighted by Gasteiger charge is 2.21. The van der Waals surface area contributed by atoms with Crippen LogP contribution in [0, 0.1) is 18.6 Å². The summed E-state index contributed by atoms with van der Waals surface area (Å²) in [6.07, 6.45) is 0.762. The van der Waals surface area contributed by atoms with E-state index >= 15 is 0 Å². The lowest BCUT2D eigenvalue weighted by atomic mass is 10.1. The van der Waals surface area contributed by atoms with Crippen molar-refractivity contribution >= 4 is 54.9 Å². The highest BCUT2D eigenvalue weighted by atomic mass is 32.2. The molecule has 0 saturated carbocycles. The number of benzene rings is 3. The van der Waals surface area contributed by atoms with E-state index < -0.39 is 38.8 Å². The third-order valence-electron chi connectivity index (χ3n) is 4.93. The number of aryl methyl sites for hydroxylation is 1. The van der Waals surface area contributed by atoms with Gasteiger partial charge in [-0.05, 0) is 60.2 Å². The first-order chi connectivity index (χ1) is 16.2. The Hall–Kier alpha value is -3.83. The number of carbonyl (C=O) groups is 1. The molecular formula is C23H18F2N4O3S2. The number of hydrazone groups is 1. The van der Waals surface area contributed by atoms with Gasteiger partial charge in [-0.1, -0.05) is 17.7 Å². The van der Waals surface area contributed by atoms with E-state index in [4.69, 9.17) is 5.73 Å². The van der Waals surface area contributed by atoms with Crippen molar-refractivity contribution in [2.75, 3.05) is 5.32 Å². The SMILES string of the molecule is Cc1ccc(S(=O)(=O)N/N=C/c2cc(C(N)=O)c(Nc3ccc4sccc4c3)c(F)c2F)cc1. The van der Waals surface area contributed by atoms with Crippen molar-refractivity contribution in [3.63, 3.8) is 0 Å². The minimum Gasteiger partial charge on any atom is -0.366 e. The molecule has 0 saturated heterocycles. The van der Waals surface area contributed by atoms with Crippen molar-refractivity contribution in [1.82, 2.24) is 4.83 Å². The zero-order valence-electron chi connectivity index (χ0n) is 17.7. The van der Waals surface area contributed by atoms with Crippen LogP contribution in [0.2, 0.25) is 0 Å². The fourth-order valence-electron chi connectivity index (χ4n) is 3.18. The van der Waals surface area contributed by atoms with Gasteiger partial charge in [-0.3, -0.25) is 4.79 Å². The molecule has 0 aliphatic carbocycles. The summed E-state index contributed by atoms with van der Waals surface area (Å²) in [4.78, 5) is 13.9. The molecule has 0 bridgehead atoms. The van der Waals surface area contributed by atoms with Crippen LogP contribution in [0.25, 0.3) is 10.1 Å². The maximum Gasteiger partial charge on any atom is 0.276 e. The van der Waals surface area contributed by atoms with Crippen LogP contribution in [-0.2, 0) is 10.0 Å². The summed E-state index contributed by atoms with van der Waals surface area (Å²) in [7, 11) is -4.03. The van der Waals surface area contributed by atoms with Gasteiger partial charge < -0.3 is 11.1 Å². The molecule has 174 valence electrons. The summed E-state index contributed by atoms with van der Waals surface area (Å²) in [5.41, 5.74) is 5.47. The molecule has 0 aliphatic rings. The van der Waals surface area contributed by atoms with Gasteiger partial charge in [0.05, 0.1) is 22.4 Å². The predicted octanol–water partition coefficient (Wildman–Crippen LogP) is 4.64. The third kappa shape index (κ3) is 4.75. The van der Waals surface area contributed by atoms with E-state index in [9.17, 15) is 22.0 Å². The Labute approximate surface area is 198 Å². The molecule has 0 radical (unpaired) electrons. The van der Waals surface area contributed by atoms with Crippen molar-refractivity contribution in [2.24, 2.45) is 10.8 Å². The van der Waals surface area contributed by atoms with Crippen LogP contribution in [0.1, 0.15) is 21.5 Å². The number of hydrogen-bond donors (Lipinski definition) is 3. The number of nitrogens with zero attached hydrogens (tertiary/aromatic N) is 1. The average Bonchev–Trinajstić information content (AvgIpc) is 3.26. The van der Waals surface area contributed by atoms with E-state index in [1.165, 1.54) is 23.5 Å². The quantitative estimate of drug-likeness (QED) is 0.253. The zero-order chi connectivity index (χ0) is 24.5. The van der Waals surface area contributed by atoms with Gasteiger partial charge >= 0.3 is 0 Å². The molecule has 34 heavy (non-hydrogen) atoms. The minimum atomic E-state index is -4.03. The first-order valence-electron chi connectivity index (χ1n) is 9.83. The standard InChI is InChI=1S/C23H18F2N4O3S2/c1-13-2-5-17(6-3-13)34(31,32)29-27-12-15-11-18(23(26)30)22(21(25)20(15)24)28-16-4-7-19-14(10-16)8-9-33-19/h2-12,28-29H,1H3,(H2,26,30)/b27-12+. The van der Waals surface area contributed by atoms with E-state index in [-0.39, 0.29) is 10.5 Å². The van der Waals surface area contributed by atoms with E-state index in [0.29, 0.717) is 5.69 Å². The highest BCUT2D eigenvalue weighted by molar-refractivity contribution is 7.89. The monoisotopic (exact) mass is 500 g/mol. The van der Waals surface area contributed by atoms with Crippen LogP contribution in [0.3, 0.4) is 0 Å². The third-order valence-corrected chi connectivity index (χ3v) is 7.07. The second kappa shape index (κ2) is 9.20. The predicted molar refractivity (Wildman–Crippen MR) is 129 cm³/mol. The van der Waals surface area contributed by atoms with E-state index in [1.54, 1.807) is 31.2 Å². The van der Waals surface area contributed by atoms with E-state index in [2.05, 4.69) is 10.4 Å². The number of nitrogens with one attached hydrogen (secondary N) is 2. The Bertz CT molecular complexity index is 1530. The molecule has 0 fully saturated rings. The Morgan fingerprint density at radius 3 is 2.50 bits per heavy atom. The summed E-state index contributed by atoms with van der Waals surface area (Å²) in [5.74, 6) is -3.69. The van der Waals surface area contributed by atoms with Crippen LogP contribution in [-0.4, -0.2) is 20.5 Å². The van der Waals surface area contributed by atoms with Crippen LogP contribution >= 0.6 is 11.3 Å². The van der Waals surface area contributed by atoms with Crippen LogP contribution < -0.4 is 15.9 Å². The smallest absolute Gasteiger partial charge is 0.276 e. The van der Waals surface area contributed by atoms with Crippen molar-refractivity contribution in [3.05, 3.63) is 88.3 Å². The Morgan fingerprint density at radius 2 is 1.79 bits per heavy atom. The second-order valence-electron chi connectivity index (χ2n) is 7.34. The number of anilines is 2. The van der Waals surface area contributed by atoms with Gasteiger partial charge in [0.25, 0.3) is 15.9 Å². The van der Waals surface area contributed by atoms with Gasteiger partial charge in [0.2, 0.25) is 0 Å². The molecule has 0 spiro atoms. The van der Waals surface area contributed by atoms with Crippen LogP contribution in [0.5, 0.6) is 0 Å². The Kier molecular flexibility index (Phi) is 6.31. The fraction of sp³-hybridized carbons (Fsp3) is 0.0435. The Balaban J connectivity index is 1.64. The summed E-state index contributed by atoms with van der Waals surface area (Å²) < 4.78 is 55.3. The lowest BCUT2D eigenvalue weighted by Crippen LogP contribution is -2.19. The number of halogens is 2. The number of primary amides is 1. The van der Waals surface area contributed by atoms with Crippen molar-refractivity contribution < 1.29 is 22.0 Å². The molecular weight excluding hydrogens is 482 g/mol. The zero-order valence-corrected chi connectivity index (χ0v) is 19.3. The van der Waals surface area contributed by atoms with Gasteiger partial charge in [0.15, 0.2) is 11.6 Å². The van der Waals surface area contributed by atoms with Gasteiger partial charge in [0, 0.05) is 16.0 Å². The number of fused-ring (bicyclic) bond motifs is 1. The summed E-state index contributed by atoms with van der Waals surface area (Å²) in [6, 6.07) is 14.0. The molecule has 4 rings (SSSR count). The van der Waals surface area contributed by atoms with E-state index in [0.717, 1.165) is 27.9 Å². The largest absolute Gasteiger partial charge is 0.366 e. The second-order valence-corrected chi connectivity index (χ2v) is 9.95. The van der Waals surface area contributed by atoms with Crippen molar-refractivity contribution in [1.29, 1.82) is 0 Å². The van der Waals surface area contributed by atoms with Crippen molar-refractivity contribution in [3.8, 4) is 0 Å². The summed E-state index contributed by atoms with van der Waals surface area (Å²) >= 11 is 1.53. The topological polar surface area (TPSA) is 114 Å². The molecule has 0 atom stereocenters. The molecule has 7 nitrogen and oxygen atoms in total. The number of sulfonamides is 1. The van der Waals surface area contributed by atoms with Gasteiger partial charge in [0.1, 0.15) is 0 Å². The molecule has 1 amide bonds. The molecule has 0 unspecified atom stereocenters. The number of rotatable bonds is 7. The van der Waals surface area contributed by atoms with Crippen LogP contribution in [0.15, 0.2) is 70.0 Å². The number of carbonyl (C=O) groups excluding carboxylic acids is 1. The first kappa shape index (κ1) is 23.3. The molecule has 1 aromatic heterocycles. The maximum absolute atomic E-state index is 14.9. The summed E-state index contributed by atoms with van der Waals surface area (Å²) in [5, 5.41) is 9.01. The molecule has 4 aromatic rings. The molecule has 0 aliphatic heterocycles. The van der Waals surface area contributed by atoms with E-state index in [1.807, 2.05) is 22.3 Å². The lowest BCUT2D eigenvalue weighted by Gasteiger charge is -2.13. The van der Waals surface area contributed by atoms with Gasteiger partial charge in [-0.25, -0.2) is 13.6 Å². The number of hydrogen-bond acceptors (Lipinski definition) is 6. The highest BCUT2D eigenvalue weighted by Crippen LogP contribution is 2.31. The number of thiophene rings is 1. The van der Waals surface area contributed by atoms with Gasteiger partial charge in [-0.2, -0.15) is 13.5 Å². The number of nitrogens with two attached hydrogens (primary N) is 1. The fourth-order valence-corrected chi connectivity index (χ4v) is 4.74. The average molecular weight is 501 g/mol. The number of amides is 1. The molecule has 4 N–H and O–H groups in total. The first-order valence-corrected chi connectivity index (χ1v) is 12.2. The normalized spacial score (nSPS) is 11.7.